The van der Waals surface area contributed by atoms with Crippen LogP contribution in [0.2, 0.25) is 0 Å². The lowest BCUT2D eigenvalue weighted by atomic mass is 10.0. The maximum absolute atomic E-state index is 13.1. The fraction of sp³-hybridized carbons (Fsp3) is 0.500. The summed E-state index contributed by atoms with van der Waals surface area (Å²) in [5.41, 5.74) is 3.39. The SMILES string of the molecule is COC[C@@H]1CN(Cc2ccc3nc(N4CCN(C(C)=O)C5(CC5)C4)ncc3c2)C[C@H]1Oc1ccc2c(c1)CN([C@H]1CCC(=O)NC1=O)C2=O. The van der Waals surface area contributed by atoms with E-state index in [1.807, 2.05) is 23.2 Å². The topological polar surface area (TPSA) is 138 Å². The molecule has 4 aliphatic heterocycles. The number of hydrogen-bond acceptors (Lipinski definition) is 10. The molecular weight excluding hydrogens is 626 g/mol. The van der Waals surface area contributed by atoms with Crippen LogP contribution in [-0.2, 0) is 32.2 Å². The minimum Gasteiger partial charge on any atom is -0.489 e. The predicted octanol–water partition coefficient (Wildman–Crippen LogP) is 2.12. The van der Waals surface area contributed by atoms with Crippen molar-refractivity contribution in [2.24, 2.45) is 5.92 Å². The third-order valence-electron chi connectivity index (χ3n) is 10.8. The number of rotatable bonds is 8. The molecule has 1 spiro atoms. The third-order valence-corrected chi connectivity index (χ3v) is 10.8. The van der Waals surface area contributed by atoms with Crippen LogP contribution in [0.4, 0.5) is 5.95 Å². The number of benzene rings is 2. The summed E-state index contributed by atoms with van der Waals surface area (Å²) in [6.45, 7) is 7.01. The molecule has 256 valence electrons. The van der Waals surface area contributed by atoms with Gasteiger partial charge in [0.2, 0.25) is 23.7 Å². The number of ether oxygens (including phenoxy) is 2. The summed E-state index contributed by atoms with van der Waals surface area (Å²) in [6.07, 6.45) is 4.42. The minimum atomic E-state index is -0.648. The van der Waals surface area contributed by atoms with Crippen LogP contribution < -0.4 is 15.0 Å². The molecule has 49 heavy (non-hydrogen) atoms. The second-order valence-electron chi connectivity index (χ2n) is 14.2. The van der Waals surface area contributed by atoms with Crippen LogP contribution in [0, 0.1) is 5.92 Å². The van der Waals surface area contributed by atoms with Crippen molar-refractivity contribution in [2.45, 2.75) is 63.4 Å². The van der Waals surface area contributed by atoms with Gasteiger partial charge in [0, 0.05) is 89.3 Å². The first-order valence-corrected chi connectivity index (χ1v) is 17.1. The van der Waals surface area contributed by atoms with Gasteiger partial charge in [0.05, 0.1) is 17.7 Å². The average Bonchev–Trinajstić information content (AvgIpc) is 3.62. The lowest BCUT2D eigenvalue weighted by Crippen LogP contribution is -2.56. The largest absolute Gasteiger partial charge is 0.489 e. The van der Waals surface area contributed by atoms with Crippen LogP contribution in [0.25, 0.3) is 10.9 Å². The lowest BCUT2D eigenvalue weighted by molar-refractivity contribution is -0.137. The number of hydrogen-bond donors (Lipinski definition) is 1. The number of likely N-dealkylation sites (tertiary alicyclic amines) is 1. The summed E-state index contributed by atoms with van der Waals surface area (Å²) in [7, 11) is 1.70. The van der Waals surface area contributed by atoms with Crippen LogP contribution in [-0.4, -0.2) is 112 Å². The van der Waals surface area contributed by atoms with Crippen LogP contribution in [0.3, 0.4) is 0 Å². The molecule has 1 N–H and O–H groups in total. The second kappa shape index (κ2) is 12.4. The lowest BCUT2D eigenvalue weighted by Gasteiger charge is -2.41. The molecule has 0 radical (unpaired) electrons. The molecular formula is C36H41N7O6. The van der Waals surface area contributed by atoms with Crippen LogP contribution in [0.15, 0.2) is 42.6 Å². The molecule has 3 saturated heterocycles. The molecule has 0 bridgehead atoms. The van der Waals surface area contributed by atoms with Crippen LogP contribution in [0.1, 0.15) is 54.1 Å². The molecule has 1 aliphatic carbocycles. The molecule has 1 aromatic heterocycles. The molecule has 4 fully saturated rings. The van der Waals surface area contributed by atoms with Crippen molar-refractivity contribution in [1.82, 2.24) is 30.0 Å². The van der Waals surface area contributed by atoms with Crippen molar-refractivity contribution in [1.29, 1.82) is 0 Å². The van der Waals surface area contributed by atoms with Crippen molar-refractivity contribution in [2.75, 3.05) is 51.3 Å². The van der Waals surface area contributed by atoms with Gasteiger partial charge in [-0.2, -0.15) is 0 Å². The Kier molecular flexibility index (Phi) is 7.98. The number of methoxy groups -OCH3 is 1. The highest BCUT2D eigenvalue weighted by Gasteiger charge is 2.52. The Labute approximate surface area is 284 Å². The predicted molar refractivity (Wildman–Crippen MR) is 179 cm³/mol. The van der Waals surface area contributed by atoms with Crippen molar-refractivity contribution < 1.29 is 28.7 Å². The molecule has 1 saturated carbocycles. The quantitative estimate of drug-likeness (QED) is 0.356. The van der Waals surface area contributed by atoms with Gasteiger partial charge in [-0.25, -0.2) is 9.97 Å². The number of nitrogens with zero attached hydrogens (tertiary/aromatic N) is 6. The van der Waals surface area contributed by atoms with E-state index in [1.165, 1.54) is 0 Å². The molecule has 4 amide bonds. The van der Waals surface area contributed by atoms with Gasteiger partial charge in [0.1, 0.15) is 17.9 Å². The average molecular weight is 668 g/mol. The number of carbonyl (C=O) groups excluding carboxylic acids is 4. The van der Waals surface area contributed by atoms with E-state index in [-0.39, 0.29) is 41.7 Å². The first kappa shape index (κ1) is 31.6. The smallest absolute Gasteiger partial charge is 0.255 e. The summed E-state index contributed by atoms with van der Waals surface area (Å²) in [5, 5.41) is 3.34. The van der Waals surface area contributed by atoms with E-state index >= 15 is 0 Å². The fourth-order valence-electron chi connectivity index (χ4n) is 8.16. The van der Waals surface area contributed by atoms with Gasteiger partial charge in [-0.05, 0) is 60.7 Å². The standard InChI is InChI=1S/C36H41N7O6/c1-22(44)43-12-11-41(21-36(43)9-10-36)35-37-15-24-13-23(3-6-29(24)38-35)16-40-17-26(20-48-2)31(19-40)49-27-4-5-28-25(14-27)18-42(34(28)47)30-7-8-32(45)39-33(30)46/h3-6,13-15,26,30-31H,7-12,16-21H2,1-2H3,(H,39,45,46)/t26-,30-,31+/m0/s1. The van der Waals surface area contributed by atoms with E-state index in [0.717, 1.165) is 67.0 Å². The van der Waals surface area contributed by atoms with Crippen molar-refractivity contribution in [3.8, 4) is 5.75 Å². The van der Waals surface area contributed by atoms with E-state index < -0.39 is 11.9 Å². The molecule has 3 aromatic rings. The van der Waals surface area contributed by atoms with E-state index in [9.17, 15) is 19.2 Å². The minimum absolute atomic E-state index is 0.0528. The number of piperidine rings is 1. The third kappa shape index (κ3) is 5.99. The Morgan fingerprint density at radius 2 is 1.94 bits per heavy atom. The van der Waals surface area contributed by atoms with Gasteiger partial charge >= 0.3 is 0 Å². The fourth-order valence-corrected chi connectivity index (χ4v) is 8.16. The normalized spacial score (nSPS) is 24.9. The Bertz CT molecular complexity index is 1850. The van der Waals surface area contributed by atoms with Crippen molar-refractivity contribution in [3.63, 3.8) is 0 Å². The number of fused-ring (bicyclic) bond motifs is 2. The zero-order chi connectivity index (χ0) is 33.9. The Balaban J connectivity index is 0.916. The van der Waals surface area contributed by atoms with Gasteiger partial charge in [0.15, 0.2) is 0 Å². The molecule has 8 rings (SSSR count). The highest BCUT2D eigenvalue weighted by atomic mass is 16.5. The van der Waals surface area contributed by atoms with Gasteiger partial charge in [-0.15, -0.1) is 0 Å². The first-order valence-electron chi connectivity index (χ1n) is 17.1. The number of carbonyl (C=O) groups is 4. The molecule has 2 aromatic carbocycles. The molecule has 13 nitrogen and oxygen atoms in total. The Hall–Kier alpha value is -4.62. The molecule has 3 atom stereocenters. The zero-order valence-corrected chi connectivity index (χ0v) is 27.9. The number of anilines is 1. The highest BCUT2D eigenvalue weighted by Crippen LogP contribution is 2.45. The Morgan fingerprint density at radius 1 is 1.08 bits per heavy atom. The number of aromatic nitrogens is 2. The maximum Gasteiger partial charge on any atom is 0.255 e. The van der Waals surface area contributed by atoms with Gasteiger partial charge in [-0.1, -0.05) is 6.07 Å². The van der Waals surface area contributed by atoms with Crippen LogP contribution in [0.5, 0.6) is 5.75 Å². The zero-order valence-electron chi connectivity index (χ0n) is 27.9. The van der Waals surface area contributed by atoms with E-state index in [2.05, 4.69) is 33.3 Å². The van der Waals surface area contributed by atoms with Gasteiger partial charge in [-0.3, -0.25) is 29.4 Å². The second-order valence-corrected chi connectivity index (χ2v) is 14.2. The number of nitrogens with one attached hydrogen (secondary N) is 1. The van der Waals surface area contributed by atoms with E-state index in [1.54, 1.807) is 25.0 Å². The van der Waals surface area contributed by atoms with E-state index in [0.29, 0.717) is 44.0 Å². The van der Waals surface area contributed by atoms with Crippen molar-refractivity contribution >= 4 is 40.5 Å². The monoisotopic (exact) mass is 667 g/mol. The number of imide groups is 1. The van der Waals surface area contributed by atoms with Gasteiger partial charge < -0.3 is 24.2 Å². The summed E-state index contributed by atoms with van der Waals surface area (Å²) in [5.74, 6) is 0.786. The summed E-state index contributed by atoms with van der Waals surface area (Å²) >= 11 is 0. The number of piperazine rings is 1. The summed E-state index contributed by atoms with van der Waals surface area (Å²) < 4.78 is 12.1. The molecule has 5 heterocycles. The molecule has 13 heteroatoms. The highest BCUT2D eigenvalue weighted by molar-refractivity contribution is 6.05. The maximum atomic E-state index is 13.1. The Morgan fingerprint density at radius 3 is 2.71 bits per heavy atom. The number of amides is 4. The summed E-state index contributed by atoms with van der Waals surface area (Å²) in [4.78, 5) is 67.1. The summed E-state index contributed by atoms with van der Waals surface area (Å²) in [6, 6.07) is 11.2. The van der Waals surface area contributed by atoms with E-state index in [4.69, 9.17) is 19.4 Å². The van der Waals surface area contributed by atoms with Gasteiger partial charge in [0.25, 0.3) is 5.91 Å². The van der Waals surface area contributed by atoms with Crippen molar-refractivity contribution in [3.05, 3.63) is 59.3 Å². The first-order chi connectivity index (χ1) is 23.7. The van der Waals surface area contributed by atoms with Crippen LogP contribution >= 0.6 is 0 Å². The molecule has 5 aliphatic rings. The molecule has 0 unspecified atom stereocenters.